The molecule has 0 fully saturated rings. The second-order valence-electron chi connectivity index (χ2n) is 2.92. The standard InChI is InChI=1S/C9H12BrN/c1-9(11,7-10)8-5-3-2-4-6-8/h2-6H,7,11H2,1H3/t9-/m1/s1. The van der Waals surface area contributed by atoms with Crippen LogP contribution in [0.3, 0.4) is 0 Å². The lowest BCUT2D eigenvalue weighted by Crippen LogP contribution is -2.34. The molecular formula is C9H12BrN. The average molecular weight is 214 g/mol. The second-order valence-corrected chi connectivity index (χ2v) is 3.48. The van der Waals surface area contributed by atoms with Crippen molar-refractivity contribution in [3.05, 3.63) is 35.9 Å². The van der Waals surface area contributed by atoms with Gasteiger partial charge in [0, 0.05) is 10.9 Å². The fourth-order valence-corrected chi connectivity index (χ4v) is 1.22. The number of rotatable bonds is 2. The highest BCUT2D eigenvalue weighted by Gasteiger charge is 2.18. The van der Waals surface area contributed by atoms with E-state index in [0.29, 0.717) is 0 Å². The van der Waals surface area contributed by atoms with E-state index < -0.39 is 0 Å². The summed E-state index contributed by atoms with van der Waals surface area (Å²) in [6.07, 6.45) is 0. The van der Waals surface area contributed by atoms with Gasteiger partial charge < -0.3 is 5.73 Å². The van der Waals surface area contributed by atoms with E-state index in [1.807, 2.05) is 37.3 Å². The summed E-state index contributed by atoms with van der Waals surface area (Å²) in [5.41, 5.74) is 6.91. The van der Waals surface area contributed by atoms with E-state index in [2.05, 4.69) is 15.9 Å². The van der Waals surface area contributed by atoms with Gasteiger partial charge in [0.25, 0.3) is 0 Å². The van der Waals surface area contributed by atoms with Gasteiger partial charge in [-0.15, -0.1) is 0 Å². The number of alkyl halides is 1. The van der Waals surface area contributed by atoms with Gasteiger partial charge in [0.05, 0.1) is 0 Å². The fourth-order valence-electron chi connectivity index (χ4n) is 0.896. The molecule has 0 radical (unpaired) electrons. The van der Waals surface area contributed by atoms with E-state index in [1.165, 1.54) is 0 Å². The summed E-state index contributed by atoms with van der Waals surface area (Å²) in [6, 6.07) is 10.1. The van der Waals surface area contributed by atoms with Crippen molar-refractivity contribution in [2.24, 2.45) is 5.73 Å². The highest BCUT2D eigenvalue weighted by Crippen LogP contribution is 2.18. The Balaban J connectivity index is 2.93. The third kappa shape index (κ3) is 2.04. The predicted octanol–water partition coefficient (Wildman–Crippen LogP) is 2.26. The first-order valence-electron chi connectivity index (χ1n) is 3.57. The molecular weight excluding hydrogens is 202 g/mol. The van der Waals surface area contributed by atoms with Crippen molar-refractivity contribution < 1.29 is 0 Å². The van der Waals surface area contributed by atoms with Crippen LogP contribution in [0.15, 0.2) is 30.3 Å². The third-order valence-corrected chi connectivity index (χ3v) is 2.88. The highest BCUT2D eigenvalue weighted by atomic mass is 79.9. The zero-order chi connectivity index (χ0) is 8.32. The lowest BCUT2D eigenvalue weighted by atomic mass is 9.96. The Hall–Kier alpha value is -0.340. The maximum absolute atomic E-state index is 5.99. The van der Waals surface area contributed by atoms with Crippen LogP contribution in [-0.4, -0.2) is 5.33 Å². The molecule has 60 valence electrons. The van der Waals surface area contributed by atoms with E-state index in [4.69, 9.17) is 5.73 Å². The monoisotopic (exact) mass is 213 g/mol. The number of hydrogen-bond acceptors (Lipinski definition) is 1. The Morgan fingerprint density at radius 3 is 2.36 bits per heavy atom. The number of nitrogens with two attached hydrogens (primary N) is 1. The Kier molecular flexibility index (Phi) is 2.68. The zero-order valence-corrected chi connectivity index (χ0v) is 8.14. The predicted molar refractivity (Wildman–Crippen MR) is 51.8 cm³/mol. The van der Waals surface area contributed by atoms with Crippen LogP contribution in [0.4, 0.5) is 0 Å². The van der Waals surface area contributed by atoms with Crippen molar-refractivity contribution in [2.75, 3.05) is 5.33 Å². The van der Waals surface area contributed by atoms with Crippen LogP contribution >= 0.6 is 15.9 Å². The smallest absolute Gasteiger partial charge is 0.0479 e. The van der Waals surface area contributed by atoms with Crippen LogP contribution in [-0.2, 0) is 5.54 Å². The quantitative estimate of drug-likeness (QED) is 0.750. The molecule has 1 atom stereocenters. The SMILES string of the molecule is C[C@@](N)(CBr)c1ccccc1. The summed E-state index contributed by atoms with van der Waals surface area (Å²) in [5, 5.41) is 0.782. The van der Waals surface area contributed by atoms with Gasteiger partial charge in [-0.3, -0.25) is 0 Å². The van der Waals surface area contributed by atoms with Gasteiger partial charge in [-0.2, -0.15) is 0 Å². The van der Waals surface area contributed by atoms with Crippen molar-refractivity contribution >= 4 is 15.9 Å². The first-order chi connectivity index (χ1) is 5.17. The fraction of sp³-hybridized carbons (Fsp3) is 0.333. The maximum atomic E-state index is 5.99. The first-order valence-corrected chi connectivity index (χ1v) is 4.69. The molecule has 2 heteroatoms. The van der Waals surface area contributed by atoms with E-state index in [-0.39, 0.29) is 5.54 Å². The topological polar surface area (TPSA) is 26.0 Å². The number of halogens is 1. The zero-order valence-electron chi connectivity index (χ0n) is 6.55. The minimum atomic E-state index is -0.249. The van der Waals surface area contributed by atoms with Crippen LogP contribution in [0.5, 0.6) is 0 Å². The van der Waals surface area contributed by atoms with E-state index in [0.717, 1.165) is 10.9 Å². The second kappa shape index (κ2) is 3.37. The number of benzene rings is 1. The maximum Gasteiger partial charge on any atom is 0.0479 e. The largest absolute Gasteiger partial charge is 0.321 e. The van der Waals surface area contributed by atoms with Gasteiger partial charge in [0.15, 0.2) is 0 Å². The molecule has 0 aromatic heterocycles. The molecule has 0 aliphatic carbocycles. The summed E-state index contributed by atoms with van der Waals surface area (Å²) >= 11 is 3.38. The van der Waals surface area contributed by atoms with Crippen molar-refractivity contribution in [1.29, 1.82) is 0 Å². The van der Waals surface area contributed by atoms with Gasteiger partial charge in [-0.25, -0.2) is 0 Å². The molecule has 0 aliphatic rings. The molecule has 0 saturated heterocycles. The van der Waals surface area contributed by atoms with Crippen molar-refractivity contribution in [1.82, 2.24) is 0 Å². The molecule has 11 heavy (non-hydrogen) atoms. The van der Waals surface area contributed by atoms with Crippen LogP contribution in [0.1, 0.15) is 12.5 Å². The molecule has 0 amide bonds. The van der Waals surface area contributed by atoms with E-state index in [1.54, 1.807) is 0 Å². The molecule has 0 spiro atoms. The highest BCUT2D eigenvalue weighted by molar-refractivity contribution is 9.09. The number of hydrogen-bond donors (Lipinski definition) is 1. The molecule has 0 heterocycles. The normalized spacial score (nSPS) is 15.9. The molecule has 0 unspecified atom stereocenters. The molecule has 0 saturated carbocycles. The van der Waals surface area contributed by atoms with Crippen molar-refractivity contribution in [2.45, 2.75) is 12.5 Å². The molecule has 0 bridgehead atoms. The molecule has 2 N–H and O–H groups in total. The Bertz CT molecular complexity index is 218. The van der Waals surface area contributed by atoms with E-state index in [9.17, 15) is 0 Å². The summed E-state index contributed by atoms with van der Waals surface area (Å²) < 4.78 is 0. The third-order valence-electron chi connectivity index (χ3n) is 1.71. The minimum Gasteiger partial charge on any atom is -0.321 e. The van der Waals surface area contributed by atoms with Crippen LogP contribution in [0.25, 0.3) is 0 Å². The molecule has 1 aromatic carbocycles. The van der Waals surface area contributed by atoms with Crippen LogP contribution in [0.2, 0.25) is 0 Å². The Morgan fingerprint density at radius 1 is 1.36 bits per heavy atom. The molecule has 0 aliphatic heterocycles. The molecule has 1 nitrogen and oxygen atoms in total. The first kappa shape index (κ1) is 8.75. The molecule has 1 aromatic rings. The molecule has 1 rings (SSSR count). The minimum absolute atomic E-state index is 0.249. The van der Waals surface area contributed by atoms with Gasteiger partial charge in [0.1, 0.15) is 0 Å². The Labute approximate surface area is 75.7 Å². The van der Waals surface area contributed by atoms with E-state index >= 15 is 0 Å². The van der Waals surface area contributed by atoms with Gasteiger partial charge in [-0.05, 0) is 12.5 Å². The van der Waals surface area contributed by atoms with Gasteiger partial charge >= 0.3 is 0 Å². The Morgan fingerprint density at radius 2 is 1.91 bits per heavy atom. The summed E-state index contributed by atoms with van der Waals surface area (Å²) in [4.78, 5) is 0. The van der Waals surface area contributed by atoms with Crippen molar-refractivity contribution in [3.63, 3.8) is 0 Å². The van der Waals surface area contributed by atoms with Crippen molar-refractivity contribution in [3.8, 4) is 0 Å². The lowest BCUT2D eigenvalue weighted by Gasteiger charge is -2.21. The lowest BCUT2D eigenvalue weighted by molar-refractivity contribution is 0.570. The van der Waals surface area contributed by atoms with Crippen LogP contribution < -0.4 is 5.73 Å². The van der Waals surface area contributed by atoms with Crippen LogP contribution in [0, 0.1) is 0 Å². The summed E-state index contributed by atoms with van der Waals surface area (Å²) in [6.45, 7) is 2.01. The summed E-state index contributed by atoms with van der Waals surface area (Å²) in [5.74, 6) is 0. The average Bonchev–Trinajstić information content (AvgIpc) is 2.06. The van der Waals surface area contributed by atoms with Gasteiger partial charge in [0.2, 0.25) is 0 Å². The summed E-state index contributed by atoms with van der Waals surface area (Å²) in [7, 11) is 0. The van der Waals surface area contributed by atoms with Gasteiger partial charge in [-0.1, -0.05) is 46.3 Å².